The number of aromatic nitrogens is 3. The van der Waals surface area contributed by atoms with Crippen molar-refractivity contribution in [2.45, 2.75) is 38.4 Å². The molecule has 0 aliphatic carbocycles. The lowest BCUT2D eigenvalue weighted by Crippen LogP contribution is -2.14. The first kappa shape index (κ1) is 22.7. The number of amides is 1. The highest BCUT2D eigenvalue weighted by Crippen LogP contribution is 2.32. The average Bonchev–Trinajstić information content (AvgIpc) is 3.20. The molecule has 164 valence electrons. The Balaban J connectivity index is 1.69. The monoisotopic (exact) mass is 440 g/mol. The van der Waals surface area contributed by atoms with Crippen LogP contribution in [0.2, 0.25) is 0 Å². The van der Waals surface area contributed by atoms with E-state index in [1.807, 2.05) is 54.0 Å². The first-order valence-electron chi connectivity index (χ1n) is 10.1. The van der Waals surface area contributed by atoms with Crippen LogP contribution >= 0.6 is 11.8 Å². The number of hydrogen-bond donors (Lipinski definition) is 1. The smallest absolute Gasteiger partial charge is 0.234 e. The van der Waals surface area contributed by atoms with Crippen LogP contribution < -0.4 is 14.8 Å². The molecule has 0 unspecified atom stereocenters. The van der Waals surface area contributed by atoms with Crippen LogP contribution in [0, 0.1) is 0 Å². The Morgan fingerprint density at radius 2 is 1.77 bits per heavy atom. The van der Waals surface area contributed by atoms with Crippen molar-refractivity contribution in [2.24, 2.45) is 0 Å². The van der Waals surface area contributed by atoms with Crippen LogP contribution in [0.25, 0.3) is 11.4 Å². The van der Waals surface area contributed by atoms with E-state index in [9.17, 15) is 4.79 Å². The van der Waals surface area contributed by atoms with Gasteiger partial charge in [-0.2, -0.15) is 0 Å². The van der Waals surface area contributed by atoms with E-state index in [0.29, 0.717) is 29.1 Å². The van der Waals surface area contributed by atoms with Crippen LogP contribution in [0.4, 0.5) is 5.69 Å². The Morgan fingerprint density at radius 3 is 2.39 bits per heavy atom. The summed E-state index contributed by atoms with van der Waals surface area (Å²) in [7, 11) is 3.20. The highest BCUT2D eigenvalue weighted by molar-refractivity contribution is 7.99. The Kier molecular flexibility index (Phi) is 7.57. The Hall–Kier alpha value is -3.00. The lowest BCUT2D eigenvalue weighted by atomic mass is 10.0. The summed E-state index contributed by atoms with van der Waals surface area (Å²) in [5.74, 6) is 2.62. The van der Waals surface area contributed by atoms with Gasteiger partial charge < -0.3 is 19.4 Å². The van der Waals surface area contributed by atoms with Crippen LogP contribution in [0.15, 0.2) is 47.6 Å². The predicted octanol–water partition coefficient (Wildman–Crippen LogP) is 4.84. The Morgan fingerprint density at radius 1 is 1.06 bits per heavy atom. The van der Waals surface area contributed by atoms with Crippen LogP contribution in [0.3, 0.4) is 0 Å². The highest BCUT2D eigenvalue weighted by Gasteiger charge is 2.16. The fourth-order valence-electron chi connectivity index (χ4n) is 3.15. The average molecular weight is 441 g/mol. The normalized spacial score (nSPS) is 10.9. The van der Waals surface area contributed by atoms with Crippen molar-refractivity contribution < 1.29 is 14.3 Å². The van der Waals surface area contributed by atoms with Gasteiger partial charge in [-0.25, -0.2) is 0 Å². The number of anilines is 1. The maximum atomic E-state index is 12.4. The van der Waals surface area contributed by atoms with Crippen LogP contribution in [0.5, 0.6) is 11.5 Å². The molecule has 2 aromatic carbocycles. The molecule has 0 aliphatic heterocycles. The van der Waals surface area contributed by atoms with Crippen molar-refractivity contribution in [3.8, 4) is 22.9 Å². The van der Waals surface area contributed by atoms with E-state index in [2.05, 4.69) is 29.4 Å². The molecule has 0 saturated heterocycles. The summed E-state index contributed by atoms with van der Waals surface area (Å²) in [5, 5.41) is 12.3. The zero-order valence-electron chi connectivity index (χ0n) is 18.5. The number of benzene rings is 2. The van der Waals surface area contributed by atoms with E-state index in [1.54, 1.807) is 14.2 Å². The van der Waals surface area contributed by atoms with E-state index in [0.717, 1.165) is 17.1 Å². The summed E-state index contributed by atoms with van der Waals surface area (Å²) in [4.78, 5) is 12.4. The van der Waals surface area contributed by atoms with Crippen molar-refractivity contribution >= 4 is 23.4 Å². The van der Waals surface area contributed by atoms with E-state index in [1.165, 1.54) is 17.3 Å². The van der Waals surface area contributed by atoms with E-state index < -0.39 is 0 Å². The number of hydrogen-bond acceptors (Lipinski definition) is 6. The molecule has 1 amide bonds. The van der Waals surface area contributed by atoms with Gasteiger partial charge in [-0.3, -0.25) is 4.79 Å². The molecule has 8 heteroatoms. The fraction of sp³-hybridized carbons (Fsp3) is 0.348. The van der Waals surface area contributed by atoms with E-state index >= 15 is 0 Å². The van der Waals surface area contributed by atoms with Gasteiger partial charge in [0.1, 0.15) is 0 Å². The zero-order valence-corrected chi connectivity index (χ0v) is 19.3. The number of carbonyl (C=O) groups excluding carboxylic acids is 1. The van der Waals surface area contributed by atoms with Gasteiger partial charge in [-0.1, -0.05) is 37.7 Å². The summed E-state index contributed by atoms with van der Waals surface area (Å²) in [6.07, 6.45) is 0. The number of methoxy groups -OCH3 is 2. The van der Waals surface area contributed by atoms with Gasteiger partial charge in [-0.15, -0.1) is 10.2 Å². The predicted molar refractivity (Wildman–Crippen MR) is 124 cm³/mol. The molecule has 0 fully saturated rings. The minimum atomic E-state index is -0.0828. The summed E-state index contributed by atoms with van der Waals surface area (Å²) < 4.78 is 12.7. The molecular weight excluding hydrogens is 412 g/mol. The van der Waals surface area contributed by atoms with Crippen LogP contribution in [-0.4, -0.2) is 40.6 Å². The number of ether oxygens (including phenoxy) is 2. The summed E-state index contributed by atoms with van der Waals surface area (Å²) in [5.41, 5.74) is 2.90. The lowest BCUT2D eigenvalue weighted by Gasteiger charge is -2.11. The van der Waals surface area contributed by atoms with Gasteiger partial charge in [0.15, 0.2) is 22.5 Å². The van der Waals surface area contributed by atoms with Gasteiger partial charge in [0.05, 0.1) is 20.0 Å². The number of thioether (sulfide) groups is 1. The molecule has 1 N–H and O–H groups in total. The number of carbonyl (C=O) groups is 1. The molecule has 0 aliphatic rings. The number of nitrogens with one attached hydrogen (secondary N) is 1. The molecule has 1 heterocycles. The number of rotatable bonds is 9. The van der Waals surface area contributed by atoms with Crippen molar-refractivity contribution in [1.29, 1.82) is 0 Å². The lowest BCUT2D eigenvalue weighted by molar-refractivity contribution is -0.113. The summed E-state index contributed by atoms with van der Waals surface area (Å²) >= 11 is 1.36. The van der Waals surface area contributed by atoms with Gasteiger partial charge in [0, 0.05) is 17.8 Å². The van der Waals surface area contributed by atoms with E-state index in [-0.39, 0.29) is 11.7 Å². The van der Waals surface area contributed by atoms with E-state index in [4.69, 9.17) is 9.47 Å². The second-order valence-corrected chi connectivity index (χ2v) is 8.18. The number of nitrogens with zero attached hydrogens (tertiary/aromatic N) is 3. The molecule has 3 aromatic rings. The fourth-order valence-corrected chi connectivity index (χ4v) is 3.95. The third-order valence-electron chi connectivity index (χ3n) is 4.87. The largest absolute Gasteiger partial charge is 0.493 e. The molecule has 0 radical (unpaired) electrons. The first-order valence-corrected chi connectivity index (χ1v) is 11.1. The van der Waals surface area contributed by atoms with Crippen molar-refractivity contribution in [1.82, 2.24) is 14.8 Å². The molecule has 7 nitrogen and oxygen atoms in total. The third kappa shape index (κ3) is 5.38. The molecule has 0 spiro atoms. The SMILES string of the molecule is CCn1c(SCC(=O)Nc2ccc(C(C)C)cc2)nnc1-c1ccc(OC)c(OC)c1. The van der Waals surface area contributed by atoms with Gasteiger partial charge in [0.2, 0.25) is 5.91 Å². The Labute approximate surface area is 187 Å². The zero-order chi connectivity index (χ0) is 22.4. The summed E-state index contributed by atoms with van der Waals surface area (Å²) in [6.45, 7) is 6.99. The first-order chi connectivity index (χ1) is 15.0. The molecule has 1 aromatic heterocycles. The highest BCUT2D eigenvalue weighted by atomic mass is 32.2. The second-order valence-electron chi connectivity index (χ2n) is 7.23. The summed E-state index contributed by atoms with van der Waals surface area (Å²) in [6, 6.07) is 13.6. The molecule has 0 atom stereocenters. The second kappa shape index (κ2) is 10.3. The van der Waals surface area contributed by atoms with Crippen molar-refractivity contribution in [3.05, 3.63) is 48.0 Å². The third-order valence-corrected chi connectivity index (χ3v) is 5.84. The van der Waals surface area contributed by atoms with Crippen LogP contribution in [-0.2, 0) is 11.3 Å². The van der Waals surface area contributed by atoms with Gasteiger partial charge >= 0.3 is 0 Å². The minimum Gasteiger partial charge on any atom is -0.493 e. The standard InChI is InChI=1S/C23H28N4O3S/c1-6-27-22(17-9-12-19(29-4)20(13-17)30-5)25-26-23(27)31-14-21(28)24-18-10-7-16(8-11-18)15(2)3/h7-13,15H,6,14H2,1-5H3,(H,24,28). The molecule has 0 saturated carbocycles. The topological polar surface area (TPSA) is 78.3 Å². The molecule has 31 heavy (non-hydrogen) atoms. The quantitative estimate of drug-likeness (QED) is 0.480. The maximum absolute atomic E-state index is 12.4. The molecule has 3 rings (SSSR count). The van der Waals surface area contributed by atoms with Crippen LogP contribution in [0.1, 0.15) is 32.3 Å². The van der Waals surface area contributed by atoms with Gasteiger partial charge in [0.25, 0.3) is 0 Å². The minimum absolute atomic E-state index is 0.0828. The Bertz CT molecular complexity index is 1030. The van der Waals surface area contributed by atoms with Crippen molar-refractivity contribution in [3.63, 3.8) is 0 Å². The van der Waals surface area contributed by atoms with Crippen molar-refractivity contribution in [2.75, 3.05) is 25.3 Å². The maximum Gasteiger partial charge on any atom is 0.234 e. The molecule has 0 bridgehead atoms. The van der Waals surface area contributed by atoms with Gasteiger partial charge in [-0.05, 0) is 48.7 Å². The molecular formula is C23H28N4O3S.